The third kappa shape index (κ3) is 4.57. The molecule has 3 aromatic rings. The van der Waals surface area contributed by atoms with Crippen molar-refractivity contribution in [1.29, 1.82) is 0 Å². The molecule has 6 nitrogen and oxygen atoms in total. The number of rotatable bonds is 6. The van der Waals surface area contributed by atoms with Crippen LogP contribution in [-0.4, -0.2) is 48.1 Å². The van der Waals surface area contributed by atoms with E-state index in [1.165, 1.54) is 23.5 Å². The smallest absolute Gasteiger partial charge is 0.282 e. The average molecular weight is 399 g/mol. The quantitative estimate of drug-likeness (QED) is 0.632. The van der Waals surface area contributed by atoms with Gasteiger partial charge in [-0.15, -0.1) is 12.4 Å². The number of aryl methyl sites for hydroxylation is 1. The van der Waals surface area contributed by atoms with Gasteiger partial charge in [0.15, 0.2) is 10.8 Å². The highest BCUT2D eigenvalue weighted by molar-refractivity contribution is 7.22. The van der Waals surface area contributed by atoms with Gasteiger partial charge >= 0.3 is 0 Å². The van der Waals surface area contributed by atoms with Crippen molar-refractivity contribution in [1.82, 2.24) is 15.0 Å². The Morgan fingerprint density at radius 3 is 2.69 bits per heavy atom. The molecule has 0 fully saturated rings. The largest absolute Gasteiger partial charge is 0.361 e. The number of benzene rings is 1. The highest BCUT2D eigenvalue weighted by Gasteiger charge is 2.23. The van der Waals surface area contributed by atoms with Crippen LogP contribution in [0.5, 0.6) is 0 Å². The lowest BCUT2D eigenvalue weighted by atomic mass is 10.3. The number of nitrogens with zero attached hydrogens (tertiary/aromatic N) is 4. The maximum absolute atomic E-state index is 13.4. The second-order valence-corrected chi connectivity index (χ2v) is 7.05. The van der Waals surface area contributed by atoms with Crippen molar-refractivity contribution in [3.63, 3.8) is 0 Å². The fourth-order valence-electron chi connectivity index (χ4n) is 2.44. The van der Waals surface area contributed by atoms with Crippen LogP contribution in [0.3, 0.4) is 0 Å². The van der Waals surface area contributed by atoms with E-state index in [1.807, 2.05) is 14.1 Å². The number of halogens is 2. The van der Waals surface area contributed by atoms with Gasteiger partial charge in [-0.05, 0) is 52.2 Å². The van der Waals surface area contributed by atoms with E-state index in [2.05, 4.69) is 15.0 Å². The number of carbonyl (C=O) groups is 1. The summed E-state index contributed by atoms with van der Waals surface area (Å²) < 4.78 is 19.2. The molecule has 0 unspecified atom stereocenters. The summed E-state index contributed by atoms with van der Waals surface area (Å²) in [5.74, 6) is -0.0154. The molecule has 1 amide bonds. The molecule has 140 valence electrons. The van der Waals surface area contributed by atoms with Crippen LogP contribution in [0.15, 0.2) is 28.8 Å². The molecule has 9 heteroatoms. The average Bonchev–Trinajstić information content (AvgIpc) is 3.16. The molecular formula is C17H20ClFN4O2S. The summed E-state index contributed by atoms with van der Waals surface area (Å²) >= 11 is 1.29. The monoisotopic (exact) mass is 398 g/mol. The topological polar surface area (TPSA) is 62.5 Å². The van der Waals surface area contributed by atoms with E-state index in [9.17, 15) is 9.18 Å². The Kier molecular flexibility index (Phi) is 6.69. The van der Waals surface area contributed by atoms with Crippen molar-refractivity contribution in [3.05, 3.63) is 41.5 Å². The van der Waals surface area contributed by atoms with Gasteiger partial charge in [0.25, 0.3) is 5.91 Å². The number of hydrogen-bond acceptors (Lipinski definition) is 6. The first-order valence-electron chi connectivity index (χ1n) is 7.90. The van der Waals surface area contributed by atoms with E-state index in [4.69, 9.17) is 4.52 Å². The first-order valence-corrected chi connectivity index (χ1v) is 8.71. The molecule has 26 heavy (non-hydrogen) atoms. The lowest BCUT2D eigenvalue weighted by molar-refractivity contribution is 0.0977. The lowest BCUT2D eigenvalue weighted by Gasteiger charge is -2.19. The van der Waals surface area contributed by atoms with Gasteiger partial charge in [0, 0.05) is 12.6 Å². The number of thiazole rings is 1. The van der Waals surface area contributed by atoms with Crippen LogP contribution in [-0.2, 0) is 0 Å². The number of aromatic nitrogens is 2. The van der Waals surface area contributed by atoms with Gasteiger partial charge in [-0.2, -0.15) is 0 Å². The molecule has 0 radical (unpaired) electrons. The first-order chi connectivity index (χ1) is 11.9. The van der Waals surface area contributed by atoms with Gasteiger partial charge in [-0.25, -0.2) is 9.37 Å². The molecule has 2 heterocycles. The van der Waals surface area contributed by atoms with Crippen molar-refractivity contribution in [2.24, 2.45) is 0 Å². The molecule has 0 saturated carbocycles. The molecule has 1 aromatic carbocycles. The predicted octanol–water partition coefficient (Wildman–Crippen LogP) is 3.75. The maximum Gasteiger partial charge on any atom is 0.282 e. The fourth-order valence-corrected chi connectivity index (χ4v) is 3.45. The van der Waals surface area contributed by atoms with Crippen LogP contribution in [0.25, 0.3) is 10.2 Å². The van der Waals surface area contributed by atoms with Gasteiger partial charge < -0.3 is 9.42 Å². The molecule has 0 N–H and O–H groups in total. The Hall–Kier alpha value is -2.03. The van der Waals surface area contributed by atoms with Gasteiger partial charge in [0.05, 0.1) is 10.2 Å². The van der Waals surface area contributed by atoms with E-state index < -0.39 is 0 Å². The van der Waals surface area contributed by atoms with Crippen molar-refractivity contribution in [2.75, 3.05) is 32.1 Å². The summed E-state index contributed by atoms with van der Waals surface area (Å²) in [5.41, 5.74) is 0.913. The van der Waals surface area contributed by atoms with E-state index in [0.29, 0.717) is 27.7 Å². The molecule has 0 saturated heterocycles. The first kappa shape index (κ1) is 20.3. The van der Waals surface area contributed by atoms with Crippen LogP contribution in [0.4, 0.5) is 9.52 Å². The van der Waals surface area contributed by atoms with E-state index in [1.54, 1.807) is 24.0 Å². The summed E-state index contributed by atoms with van der Waals surface area (Å²) in [4.78, 5) is 21.0. The summed E-state index contributed by atoms with van der Waals surface area (Å²) in [6, 6.07) is 6.02. The van der Waals surface area contributed by atoms with Crippen molar-refractivity contribution < 1.29 is 13.7 Å². The number of anilines is 1. The zero-order valence-electron chi connectivity index (χ0n) is 14.7. The van der Waals surface area contributed by atoms with Crippen molar-refractivity contribution >= 4 is 45.0 Å². The third-order valence-electron chi connectivity index (χ3n) is 3.65. The zero-order chi connectivity index (χ0) is 18.0. The number of amides is 1. The summed E-state index contributed by atoms with van der Waals surface area (Å²) in [6.07, 6.45) is 0.778. The predicted molar refractivity (Wildman–Crippen MR) is 103 cm³/mol. The summed E-state index contributed by atoms with van der Waals surface area (Å²) in [6.45, 7) is 3.06. The standard InChI is InChI=1S/C17H19FN4O2S.ClH/c1-11-9-14(20-24-11)16(23)22(8-4-7-21(2)3)17-19-13-6-5-12(18)10-15(13)25-17;/h5-6,9-10H,4,7-8H2,1-3H3;1H. The van der Waals surface area contributed by atoms with Gasteiger partial charge in [-0.1, -0.05) is 16.5 Å². The van der Waals surface area contributed by atoms with Crippen LogP contribution < -0.4 is 4.90 Å². The SMILES string of the molecule is Cc1cc(C(=O)N(CCCN(C)C)c2nc3ccc(F)cc3s2)no1.Cl. The summed E-state index contributed by atoms with van der Waals surface area (Å²) in [5, 5.41) is 4.35. The molecule has 3 rings (SSSR count). The second-order valence-electron chi connectivity index (χ2n) is 6.04. The molecule has 2 aromatic heterocycles. The van der Waals surface area contributed by atoms with E-state index >= 15 is 0 Å². The fraction of sp³-hybridized carbons (Fsp3) is 0.353. The van der Waals surface area contributed by atoms with Crippen LogP contribution in [0, 0.1) is 12.7 Å². The Labute approximate surface area is 161 Å². The van der Waals surface area contributed by atoms with Crippen molar-refractivity contribution in [2.45, 2.75) is 13.3 Å². The highest BCUT2D eigenvalue weighted by atomic mass is 35.5. The van der Waals surface area contributed by atoms with E-state index in [-0.39, 0.29) is 29.8 Å². The minimum absolute atomic E-state index is 0. The molecule has 0 aliphatic carbocycles. The second kappa shape index (κ2) is 8.57. The normalized spacial score (nSPS) is 11.0. The van der Waals surface area contributed by atoms with Crippen LogP contribution >= 0.6 is 23.7 Å². The highest BCUT2D eigenvalue weighted by Crippen LogP contribution is 2.30. The van der Waals surface area contributed by atoms with E-state index in [0.717, 1.165) is 13.0 Å². The number of fused-ring (bicyclic) bond motifs is 1. The zero-order valence-corrected chi connectivity index (χ0v) is 16.4. The summed E-state index contributed by atoms with van der Waals surface area (Å²) in [7, 11) is 3.96. The van der Waals surface area contributed by atoms with Gasteiger partial charge in [0.2, 0.25) is 0 Å². The number of hydrogen-bond donors (Lipinski definition) is 0. The van der Waals surface area contributed by atoms with Crippen molar-refractivity contribution in [3.8, 4) is 0 Å². The Morgan fingerprint density at radius 2 is 2.04 bits per heavy atom. The van der Waals surface area contributed by atoms with Gasteiger partial charge in [0.1, 0.15) is 11.6 Å². The molecule has 0 bridgehead atoms. The van der Waals surface area contributed by atoms with Gasteiger partial charge in [-0.3, -0.25) is 9.69 Å². The molecule has 0 aliphatic heterocycles. The Balaban J connectivity index is 0.00000243. The number of carbonyl (C=O) groups excluding carboxylic acids is 1. The molecule has 0 spiro atoms. The lowest BCUT2D eigenvalue weighted by Crippen LogP contribution is -2.33. The molecule has 0 atom stereocenters. The Morgan fingerprint density at radius 1 is 1.27 bits per heavy atom. The van der Waals surface area contributed by atoms with Crippen LogP contribution in [0.1, 0.15) is 22.7 Å². The molecular weight excluding hydrogens is 379 g/mol. The Bertz CT molecular complexity index is 896. The third-order valence-corrected chi connectivity index (χ3v) is 4.69. The minimum Gasteiger partial charge on any atom is -0.361 e. The maximum atomic E-state index is 13.4. The minimum atomic E-state index is -0.319. The van der Waals surface area contributed by atoms with Crippen LogP contribution in [0.2, 0.25) is 0 Å². The molecule has 0 aliphatic rings.